The van der Waals surface area contributed by atoms with Crippen LogP contribution in [0.4, 0.5) is 0 Å². The summed E-state index contributed by atoms with van der Waals surface area (Å²) in [4.78, 5) is 22.5. The molecule has 0 spiro atoms. The molecule has 4 heteroatoms. The van der Waals surface area contributed by atoms with Gasteiger partial charge in [0, 0.05) is 0 Å². The highest BCUT2D eigenvalue weighted by atomic mass is 79.9. The number of carbonyl (C=O) groups excluding carboxylic acids is 2. The molecule has 11 heavy (non-hydrogen) atoms. The second-order valence-corrected chi connectivity index (χ2v) is 4.08. The number of nitrogens with zero attached hydrogens (tertiary/aromatic N) is 1. The monoisotopic (exact) mass is 219 g/mol. The second-order valence-electron chi connectivity index (χ2n) is 3.37. The fourth-order valence-corrected chi connectivity index (χ4v) is 1.78. The van der Waals surface area contributed by atoms with Crippen LogP contribution in [0.3, 0.4) is 0 Å². The highest BCUT2D eigenvalue weighted by Gasteiger charge is 2.50. The molecule has 0 aromatic rings. The molecule has 1 aliphatic heterocycles. The first-order valence-electron chi connectivity index (χ1n) is 3.43. The lowest BCUT2D eigenvalue weighted by atomic mass is 9.82. The molecular formula is C7H10BrNO2. The Hall–Kier alpha value is -0.380. The van der Waals surface area contributed by atoms with Crippen LogP contribution in [0, 0.1) is 11.3 Å². The molecule has 1 aliphatic rings. The van der Waals surface area contributed by atoms with Crippen LogP contribution in [0.1, 0.15) is 20.8 Å². The maximum Gasteiger partial charge on any atom is 0.245 e. The molecule has 0 aromatic carbocycles. The van der Waals surface area contributed by atoms with E-state index in [2.05, 4.69) is 16.1 Å². The molecule has 0 radical (unpaired) electrons. The number of hydrogen-bond donors (Lipinski definition) is 0. The van der Waals surface area contributed by atoms with Crippen LogP contribution >= 0.6 is 16.1 Å². The molecule has 1 saturated heterocycles. The minimum atomic E-state index is -0.555. The van der Waals surface area contributed by atoms with Gasteiger partial charge in [0.25, 0.3) is 0 Å². The molecule has 0 aromatic heterocycles. The summed E-state index contributed by atoms with van der Waals surface area (Å²) in [5.74, 6) is -0.538. The van der Waals surface area contributed by atoms with Crippen molar-refractivity contribution in [1.29, 1.82) is 0 Å². The van der Waals surface area contributed by atoms with Crippen LogP contribution in [-0.2, 0) is 9.59 Å². The third-order valence-corrected chi connectivity index (χ3v) is 3.05. The van der Waals surface area contributed by atoms with Crippen LogP contribution in [0.5, 0.6) is 0 Å². The third kappa shape index (κ3) is 1.00. The van der Waals surface area contributed by atoms with Crippen LogP contribution in [0.2, 0.25) is 0 Å². The van der Waals surface area contributed by atoms with E-state index < -0.39 is 5.41 Å². The molecule has 0 bridgehead atoms. The van der Waals surface area contributed by atoms with Crippen molar-refractivity contribution in [3.63, 3.8) is 0 Å². The van der Waals surface area contributed by atoms with E-state index in [1.807, 2.05) is 0 Å². The van der Waals surface area contributed by atoms with E-state index in [9.17, 15) is 9.59 Å². The molecule has 0 saturated carbocycles. The van der Waals surface area contributed by atoms with Crippen molar-refractivity contribution in [1.82, 2.24) is 3.93 Å². The van der Waals surface area contributed by atoms with Crippen LogP contribution < -0.4 is 0 Å². The summed E-state index contributed by atoms with van der Waals surface area (Å²) >= 11 is 2.92. The van der Waals surface area contributed by atoms with E-state index in [0.717, 1.165) is 3.93 Å². The Morgan fingerprint density at radius 1 is 1.45 bits per heavy atom. The normalized spacial score (nSPS) is 29.8. The Labute approximate surface area is 74.1 Å². The fourth-order valence-electron chi connectivity index (χ4n) is 1.02. The zero-order valence-corrected chi connectivity index (χ0v) is 8.31. The van der Waals surface area contributed by atoms with Crippen LogP contribution in [0.15, 0.2) is 0 Å². The lowest BCUT2D eigenvalue weighted by Crippen LogP contribution is -2.26. The molecule has 1 heterocycles. The predicted octanol–water partition coefficient (Wildman–Crippen LogP) is 1.33. The van der Waals surface area contributed by atoms with Crippen molar-refractivity contribution in [2.75, 3.05) is 0 Å². The van der Waals surface area contributed by atoms with Gasteiger partial charge >= 0.3 is 0 Å². The minimum Gasteiger partial charge on any atom is -0.273 e. The van der Waals surface area contributed by atoms with Crippen molar-refractivity contribution in [2.24, 2.45) is 11.3 Å². The van der Waals surface area contributed by atoms with Crippen molar-refractivity contribution in [2.45, 2.75) is 20.8 Å². The highest BCUT2D eigenvalue weighted by molar-refractivity contribution is 9.08. The van der Waals surface area contributed by atoms with Gasteiger partial charge in [-0.15, -0.1) is 0 Å². The van der Waals surface area contributed by atoms with Gasteiger partial charge in [-0.2, -0.15) is 0 Å². The van der Waals surface area contributed by atoms with E-state index >= 15 is 0 Å². The lowest BCUT2D eigenvalue weighted by molar-refractivity contribution is -0.133. The topological polar surface area (TPSA) is 37.4 Å². The quantitative estimate of drug-likeness (QED) is 0.456. The van der Waals surface area contributed by atoms with Gasteiger partial charge in [-0.3, -0.25) is 9.59 Å². The summed E-state index contributed by atoms with van der Waals surface area (Å²) in [5.41, 5.74) is -0.555. The number of halogens is 1. The lowest BCUT2D eigenvalue weighted by Gasteiger charge is -2.16. The Kier molecular flexibility index (Phi) is 1.82. The second kappa shape index (κ2) is 2.30. The van der Waals surface area contributed by atoms with E-state index in [-0.39, 0.29) is 17.7 Å². The maximum absolute atomic E-state index is 11.3. The van der Waals surface area contributed by atoms with Gasteiger partial charge in [0.1, 0.15) is 0 Å². The van der Waals surface area contributed by atoms with E-state index in [1.54, 1.807) is 20.8 Å². The van der Waals surface area contributed by atoms with Crippen LogP contribution in [-0.4, -0.2) is 15.7 Å². The van der Waals surface area contributed by atoms with E-state index in [4.69, 9.17) is 0 Å². The van der Waals surface area contributed by atoms with Gasteiger partial charge in [0.05, 0.1) is 27.5 Å². The summed E-state index contributed by atoms with van der Waals surface area (Å²) in [6.07, 6.45) is 0. The first-order chi connectivity index (χ1) is 4.89. The summed E-state index contributed by atoms with van der Waals surface area (Å²) in [7, 11) is 0. The Bertz CT molecular complexity index is 224. The first-order valence-corrected chi connectivity index (χ1v) is 4.14. The SMILES string of the molecule is CC1C(=O)N(Br)C(=O)C1(C)C. The van der Waals surface area contributed by atoms with Gasteiger partial charge < -0.3 is 0 Å². The number of hydrogen-bond acceptors (Lipinski definition) is 2. The minimum absolute atomic E-state index is 0.153. The molecule has 3 nitrogen and oxygen atoms in total. The van der Waals surface area contributed by atoms with E-state index in [1.165, 1.54) is 0 Å². The summed E-state index contributed by atoms with van der Waals surface area (Å²) in [6.45, 7) is 5.32. The fraction of sp³-hybridized carbons (Fsp3) is 0.714. The molecule has 1 fully saturated rings. The summed E-state index contributed by atoms with van der Waals surface area (Å²) < 4.78 is 1.03. The molecule has 2 amide bonds. The Morgan fingerprint density at radius 3 is 2.00 bits per heavy atom. The molecule has 1 atom stereocenters. The number of rotatable bonds is 0. The largest absolute Gasteiger partial charge is 0.273 e. The van der Waals surface area contributed by atoms with Crippen molar-refractivity contribution in [3.05, 3.63) is 0 Å². The standard InChI is InChI=1S/C7H10BrNO2/c1-4-5(10)9(8)6(11)7(4,2)3/h4H,1-3H3. The van der Waals surface area contributed by atoms with Crippen LogP contribution in [0.25, 0.3) is 0 Å². The zero-order chi connectivity index (χ0) is 8.81. The Balaban J connectivity index is 3.06. The summed E-state index contributed by atoms with van der Waals surface area (Å²) in [6, 6.07) is 0. The molecule has 1 unspecified atom stereocenters. The number of amides is 2. The van der Waals surface area contributed by atoms with Gasteiger partial charge in [-0.25, -0.2) is 3.93 Å². The predicted molar refractivity (Wildman–Crippen MR) is 43.7 cm³/mol. The smallest absolute Gasteiger partial charge is 0.245 e. The third-order valence-electron chi connectivity index (χ3n) is 2.38. The molecule has 62 valence electrons. The number of carbonyl (C=O) groups is 2. The van der Waals surface area contributed by atoms with E-state index in [0.29, 0.717) is 0 Å². The Morgan fingerprint density at radius 2 is 1.91 bits per heavy atom. The zero-order valence-electron chi connectivity index (χ0n) is 6.72. The molecule has 1 rings (SSSR count). The average Bonchev–Trinajstić information content (AvgIpc) is 2.06. The summed E-state index contributed by atoms with van der Waals surface area (Å²) in [5, 5.41) is 0. The van der Waals surface area contributed by atoms with Gasteiger partial charge in [-0.05, 0) is 0 Å². The number of imide groups is 1. The van der Waals surface area contributed by atoms with Gasteiger partial charge in [0.2, 0.25) is 11.8 Å². The molecule has 0 N–H and O–H groups in total. The van der Waals surface area contributed by atoms with Crippen molar-refractivity contribution in [3.8, 4) is 0 Å². The van der Waals surface area contributed by atoms with Crippen molar-refractivity contribution >= 4 is 28.0 Å². The first kappa shape index (κ1) is 8.71. The van der Waals surface area contributed by atoms with Gasteiger partial charge in [0.15, 0.2) is 0 Å². The maximum atomic E-state index is 11.3. The van der Waals surface area contributed by atoms with Gasteiger partial charge in [-0.1, -0.05) is 20.8 Å². The average molecular weight is 220 g/mol. The van der Waals surface area contributed by atoms with Crippen molar-refractivity contribution < 1.29 is 9.59 Å². The molecule has 0 aliphatic carbocycles. The molecular weight excluding hydrogens is 210 g/mol. The highest BCUT2D eigenvalue weighted by Crippen LogP contribution is 2.38.